The molecule has 0 bridgehead atoms. The van der Waals surface area contributed by atoms with E-state index < -0.39 is 16.9 Å². The van der Waals surface area contributed by atoms with Gasteiger partial charge < -0.3 is 9.64 Å². The van der Waals surface area contributed by atoms with E-state index in [0.717, 1.165) is 0 Å². The molecule has 0 fully saturated rings. The van der Waals surface area contributed by atoms with Crippen molar-refractivity contribution in [1.82, 2.24) is 14.7 Å². The van der Waals surface area contributed by atoms with Crippen molar-refractivity contribution < 1.29 is 13.7 Å². The molecule has 0 spiro atoms. The van der Waals surface area contributed by atoms with E-state index in [-0.39, 0.29) is 0 Å². The molecule has 0 saturated heterocycles. The molecule has 17 heavy (non-hydrogen) atoms. The molecule has 1 amide bonds. The van der Waals surface area contributed by atoms with E-state index in [0.29, 0.717) is 23.9 Å². The molecule has 7 heteroatoms. The Kier molecular flexibility index (Phi) is 4.68. The molecular formula is C10H17N3O3S. The van der Waals surface area contributed by atoms with Crippen molar-refractivity contribution >= 4 is 16.9 Å². The number of ether oxygens (including phenoxy) is 1. The SMILES string of the molecule is CCn1nc(CS(C)=O)cc1OC(=O)N(C)C. The highest BCUT2D eigenvalue weighted by molar-refractivity contribution is 7.83. The monoisotopic (exact) mass is 259 g/mol. The second-order valence-electron chi connectivity index (χ2n) is 3.77. The molecule has 0 saturated carbocycles. The maximum Gasteiger partial charge on any atom is 0.416 e. The minimum atomic E-state index is -0.962. The standard InChI is InChI=1S/C10H17N3O3S/c1-5-13-9(16-10(14)12(2)3)6-8(11-13)7-17(4)15/h6H,5,7H2,1-4H3. The first-order valence-corrected chi connectivity index (χ1v) is 6.92. The summed E-state index contributed by atoms with van der Waals surface area (Å²) >= 11 is 0. The second-order valence-corrected chi connectivity index (χ2v) is 5.20. The normalized spacial score (nSPS) is 12.2. The van der Waals surface area contributed by atoms with Gasteiger partial charge in [-0.05, 0) is 6.92 Å². The lowest BCUT2D eigenvalue weighted by molar-refractivity contribution is 0.167. The van der Waals surface area contributed by atoms with Gasteiger partial charge in [-0.25, -0.2) is 9.48 Å². The lowest BCUT2D eigenvalue weighted by Crippen LogP contribution is -2.26. The first kappa shape index (κ1) is 13.7. The summed E-state index contributed by atoms with van der Waals surface area (Å²) in [6, 6.07) is 1.65. The summed E-state index contributed by atoms with van der Waals surface area (Å²) in [5, 5.41) is 4.21. The molecule has 1 heterocycles. The minimum Gasteiger partial charge on any atom is -0.391 e. The number of nitrogens with zero attached hydrogens (tertiary/aromatic N) is 3. The van der Waals surface area contributed by atoms with Gasteiger partial charge in [-0.15, -0.1) is 0 Å². The van der Waals surface area contributed by atoms with Gasteiger partial charge >= 0.3 is 6.09 Å². The molecule has 0 aromatic carbocycles. The van der Waals surface area contributed by atoms with Crippen LogP contribution in [0.2, 0.25) is 0 Å². The minimum absolute atomic E-state index is 0.361. The van der Waals surface area contributed by atoms with E-state index in [1.807, 2.05) is 6.92 Å². The Morgan fingerprint density at radius 3 is 2.71 bits per heavy atom. The van der Waals surface area contributed by atoms with E-state index in [1.165, 1.54) is 4.90 Å². The number of aryl methyl sites for hydroxylation is 1. The molecule has 1 unspecified atom stereocenters. The molecule has 1 atom stereocenters. The third-order valence-electron chi connectivity index (χ3n) is 2.00. The average Bonchev–Trinajstić information content (AvgIpc) is 2.58. The summed E-state index contributed by atoms with van der Waals surface area (Å²) < 4.78 is 17.8. The van der Waals surface area contributed by atoms with Crippen LogP contribution >= 0.6 is 0 Å². The van der Waals surface area contributed by atoms with Gasteiger partial charge in [0.05, 0.1) is 11.4 Å². The summed E-state index contributed by atoms with van der Waals surface area (Å²) in [5.74, 6) is 0.742. The lowest BCUT2D eigenvalue weighted by Gasteiger charge is -2.10. The highest BCUT2D eigenvalue weighted by Crippen LogP contribution is 2.15. The lowest BCUT2D eigenvalue weighted by atomic mass is 10.5. The van der Waals surface area contributed by atoms with E-state index in [1.54, 1.807) is 31.1 Å². The fourth-order valence-corrected chi connectivity index (χ4v) is 1.78. The molecule has 1 aromatic heterocycles. The summed E-state index contributed by atoms with van der Waals surface area (Å²) in [7, 11) is 2.25. The van der Waals surface area contributed by atoms with Crippen LogP contribution in [0.5, 0.6) is 5.88 Å². The van der Waals surface area contributed by atoms with Crippen molar-refractivity contribution in [2.75, 3.05) is 20.4 Å². The van der Waals surface area contributed by atoms with Crippen LogP contribution in [0.1, 0.15) is 12.6 Å². The first-order chi connectivity index (χ1) is 7.93. The fraction of sp³-hybridized carbons (Fsp3) is 0.600. The zero-order chi connectivity index (χ0) is 13.0. The zero-order valence-corrected chi connectivity index (χ0v) is 11.3. The summed E-state index contributed by atoms with van der Waals surface area (Å²) in [5.41, 5.74) is 0.661. The third-order valence-corrected chi connectivity index (χ3v) is 2.70. The van der Waals surface area contributed by atoms with Crippen molar-refractivity contribution in [3.63, 3.8) is 0 Å². The van der Waals surface area contributed by atoms with E-state index in [2.05, 4.69) is 5.10 Å². The maximum absolute atomic E-state index is 11.4. The van der Waals surface area contributed by atoms with Gasteiger partial charge in [0, 0.05) is 43.8 Å². The van der Waals surface area contributed by atoms with Gasteiger partial charge in [0.2, 0.25) is 5.88 Å². The van der Waals surface area contributed by atoms with Crippen LogP contribution in [0, 0.1) is 0 Å². The largest absolute Gasteiger partial charge is 0.416 e. The predicted octanol–water partition coefficient (Wildman–Crippen LogP) is 0.842. The Morgan fingerprint density at radius 1 is 1.59 bits per heavy atom. The zero-order valence-electron chi connectivity index (χ0n) is 10.5. The van der Waals surface area contributed by atoms with Crippen LogP contribution in [0.3, 0.4) is 0 Å². The van der Waals surface area contributed by atoms with Crippen molar-refractivity contribution in [1.29, 1.82) is 0 Å². The molecule has 1 rings (SSSR count). The predicted molar refractivity (Wildman–Crippen MR) is 65.4 cm³/mol. The van der Waals surface area contributed by atoms with Crippen LogP contribution < -0.4 is 4.74 Å². The molecule has 0 aliphatic rings. The van der Waals surface area contributed by atoms with E-state index >= 15 is 0 Å². The number of amides is 1. The van der Waals surface area contributed by atoms with Crippen LogP contribution in [-0.2, 0) is 23.1 Å². The second kappa shape index (κ2) is 5.81. The Balaban J connectivity index is 2.86. The van der Waals surface area contributed by atoms with Gasteiger partial charge in [-0.3, -0.25) is 4.21 Å². The van der Waals surface area contributed by atoms with Crippen LogP contribution in [0.15, 0.2) is 6.07 Å². The molecule has 6 nitrogen and oxygen atoms in total. The third kappa shape index (κ3) is 3.85. The first-order valence-electron chi connectivity index (χ1n) is 5.20. The number of aromatic nitrogens is 2. The maximum atomic E-state index is 11.4. The summed E-state index contributed by atoms with van der Waals surface area (Å²) in [6.07, 6.45) is 1.15. The number of carbonyl (C=O) groups excluding carboxylic acids is 1. The Bertz CT molecular complexity index is 428. The van der Waals surface area contributed by atoms with Gasteiger partial charge in [0.1, 0.15) is 0 Å². The number of hydrogen-bond donors (Lipinski definition) is 0. The van der Waals surface area contributed by atoms with Crippen LogP contribution in [0.4, 0.5) is 4.79 Å². The highest BCUT2D eigenvalue weighted by atomic mass is 32.2. The van der Waals surface area contributed by atoms with Crippen molar-refractivity contribution in [2.24, 2.45) is 0 Å². The topological polar surface area (TPSA) is 64.4 Å². The molecule has 0 aliphatic heterocycles. The van der Waals surface area contributed by atoms with Crippen LogP contribution in [0.25, 0.3) is 0 Å². The Morgan fingerprint density at radius 2 is 2.24 bits per heavy atom. The Hall–Kier alpha value is -1.37. The smallest absolute Gasteiger partial charge is 0.391 e. The average molecular weight is 259 g/mol. The molecular weight excluding hydrogens is 242 g/mol. The van der Waals surface area contributed by atoms with Gasteiger partial charge in [0.15, 0.2) is 0 Å². The Labute approximate surface area is 103 Å². The summed E-state index contributed by atoms with van der Waals surface area (Å²) in [6.45, 7) is 2.49. The van der Waals surface area contributed by atoms with E-state index in [9.17, 15) is 9.00 Å². The number of carbonyl (C=O) groups is 1. The molecule has 0 aliphatic carbocycles. The van der Waals surface area contributed by atoms with Crippen molar-refractivity contribution in [3.05, 3.63) is 11.8 Å². The van der Waals surface area contributed by atoms with Crippen LogP contribution in [-0.4, -0.2) is 45.3 Å². The number of hydrogen-bond acceptors (Lipinski definition) is 4. The molecule has 96 valence electrons. The molecule has 0 N–H and O–H groups in total. The summed E-state index contributed by atoms with van der Waals surface area (Å²) in [4.78, 5) is 12.8. The highest BCUT2D eigenvalue weighted by Gasteiger charge is 2.14. The van der Waals surface area contributed by atoms with Gasteiger partial charge in [-0.2, -0.15) is 5.10 Å². The van der Waals surface area contributed by atoms with Gasteiger partial charge in [-0.1, -0.05) is 0 Å². The molecule has 0 radical (unpaired) electrons. The van der Waals surface area contributed by atoms with E-state index in [4.69, 9.17) is 4.74 Å². The van der Waals surface area contributed by atoms with Crippen molar-refractivity contribution in [2.45, 2.75) is 19.2 Å². The van der Waals surface area contributed by atoms with Gasteiger partial charge in [0.25, 0.3) is 0 Å². The fourth-order valence-electron chi connectivity index (χ4n) is 1.22. The number of rotatable bonds is 4. The molecule has 1 aromatic rings. The van der Waals surface area contributed by atoms with Crippen molar-refractivity contribution in [3.8, 4) is 5.88 Å². The quantitative estimate of drug-likeness (QED) is 0.804.